The predicted octanol–water partition coefficient (Wildman–Crippen LogP) is 2.54. The average Bonchev–Trinajstić information content (AvgIpc) is 2.29. The summed E-state index contributed by atoms with van der Waals surface area (Å²) in [5.74, 6) is -1.23. The Morgan fingerprint density at radius 3 is 2.35 bits per heavy atom. The first kappa shape index (κ1) is 12.2. The minimum atomic E-state index is -0.696. The van der Waals surface area contributed by atoms with Crippen molar-refractivity contribution in [2.24, 2.45) is 5.92 Å². The van der Waals surface area contributed by atoms with Gasteiger partial charge in [0.1, 0.15) is 11.6 Å². The van der Waals surface area contributed by atoms with Crippen LogP contribution in [0.3, 0.4) is 0 Å². The molecule has 1 N–H and O–H groups in total. The van der Waals surface area contributed by atoms with Gasteiger partial charge in [-0.15, -0.1) is 0 Å². The van der Waals surface area contributed by atoms with Crippen molar-refractivity contribution in [1.29, 1.82) is 0 Å². The fourth-order valence-corrected chi connectivity index (χ4v) is 2.18. The van der Waals surface area contributed by atoms with Crippen molar-refractivity contribution < 1.29 is 13.6 Å². The lowest BCUT2D eigenvalue weighted by Gasteiger charge is -2.21. The lowest BCUT2D eigenvalue weighted by molar-refractivity contribution is 0.0951. The van der Waals surface area contributed by atoms with E-state index in [9.17, 15) is 13.6 Å². The molecule has 92 valence electrons. The molecule has 0 saturated carbocycles. The summed E-state index contributed by atoms with van der Waals surface area (Å²) in [4.78, 5) is 11.9. The van der Waals surface area contributed by atoms with Crippen LogP contribution < -0.4 is 5.32 Å². The molecule has 2 nitrogen and oxygen atoms in total. The maximum Gasteiger partial charge on any atom is 0.163 e. The quantitative estimate of drug-likeness (QED) is 0.821. The van der Waals surface area contributed by atoms with Crippen LogP contribution in [-0.2, 0) is 0 Å². The summed E-state index contributed by atoms with van der Waals surface area (Å²) in [5, 5.41) is 3.21. The summed E-state index contributed by atoms with van der Waals surface area (Å²) in [6.07, 6.45) is 2.28. The lowest BCUT2D eigenvalue weighted by Crippen LogP contribution is -2.28. The van der Waals surface area contributed by atoms with Gasteiger partial charge in [0.2, 0.25) is 0 Å². The van der Waals surface area contributed by atoms with Gasteiger partial charge in [-0.1, -0.05) is 0 Å². The number of hydrogen-bond donors (Lipinski definition) is 1. The molecule has 0 bridgehead atoms. The maximum absolute atomic E-state index is 13.0. The molecule has 1 aromatic rings. The Bertz CT molecular complexity index is 394. The molecule has 17 heavy (non-hydrogen) atoms. The second kappa shape index (κ2) is 5.36. The van der Waals surface area contributed by atoms with Gasteiger partial charge in [0, 0.05) is 18.1 Å². The summed E-state index contributed by atoms with van der Waals surface area (Å²) < 4.78 is 25.9. The molecule has 1 saturated heterocycles. The number of piperidine rings is 1. The van der Waals surface area contributed by atoms with E-state index in [1.165, 1.54) is 0 Å². The molecule has 1 aliphatic heterocycles. The lowest BCUT2D eigenvalue weighted by atomic mass is 9.90. The first-order valence-electron chi connectivity index (χ1n) is 5.85. The molecule has 0 atom stereocenters. The SMILES string of the molecule is O=C(CC1CCNCC1)c1cc(F)cc(F)c1. The van der Waals surface area contributed by atoms with Crippen LogP contribution in [0.25, 0.3) is 0 Å². The number of halogens is 2. The van der Waals surface area contributed by atoms with Gasteiger partial charge in [0.15, 0.2) is 5.78 Å². The van der Waals surface area contributed by atoms with Crippen molar-refractivity contribution >= 4 is 5.78 Å². The van der Waals surface area contributed by atoms with Crippen LogP contribution in [0.2, 0.25) is 0 Å². The summed E-state index contributed by atoms with van der Waals surface area (Å²) in [6.45, 7) is 1.82. The fourth-order valence-electron chi connectivity index (χ4n) is 2.18. The molecular weight excluding hydrogens is 224 g/mol. The number of Topliss-reactive ketones (excluding diaryl/α,β-unsaturated/α-hetero) is 1. The highest BCUT2D eigenvalue weighted by Gasteiger charge is 2.18. The first-order valence-corrected chi connectivity index (χ1v) is 5.85. The summed E-state index contributed by atoms with van der Waals surface area (Å²) in [7, 11) is 0. The molecule has 1 aromatic carbocycles. The zero-order valence-corrected chi connectivity index (χ0v) is 9.51. The molecule has 0 amide bonds. The van der Waals surface area contributed by atoms with Gasteiger partial charge in [0.05, 0.1) is 0 Å². The molecule has 1 heterocycles. The molecule has 0 aliphatic carbocycles. The van der Waals surface area contributed by atoms with E-state index in [2.05, 4.69) is 5.32 Å². The van der Waals surface area contributed by atoms with E-state index in [4.69, 9.17) is 0 Å². The zero-order chi connectivity index (χ0) is 12.3. The minimum Gasteiger partial charge on any atom is -0.317 e. The molecule has 1 fully saturated rings. The van der Waals surface area contributed by atoms with Gasteiger partial charge in [-0.2, -0.15) is 0 Å². The van der Waals surface area contributed by atoms with Gasteiger partial charge in [-0.3, -0.25) is 4.79 Å². The van der Waals surface area contributed by atoms with Crippen molar-refractivity contribution in [3.05, 3.63) is 35.4 Å². The number of ketones is 1. The normalized spacial score (nSPS) is 17.1. The molecule has 0 aromatic heterocycles. The van der Waals surface area contributed by atoms with Crippen LogP contribution >= 0.6 is 0 Å². The van der Waals surface area contributed by atoms with Gasteiger partial charge in [-0.25, -0.2) is 8.78 Å². The van der Waals surface area contributed by atoms with Gasteiger partial charge in [-0.05, 0) is 44.0 Å². The van der Waals surface area contributed by atoms with Gasteiger partial charge >= 0.3 is 0 Å². The number of hydrogen-bond acceptors (Lipinski definition) is 2. The van der Waals surface area contributed by atoms with E-state index in [0.717, 1.165) is 44.1 Å². The van der Waals surface area contributed by atoms with Crippen LogP contribution in [-0.4, -0.2) is 18.9 Å². The van der Waals surface area contributed by atoms with E-state index in [0.29, 0.717) is 12.3 Å². The van der Waals surface area contributed by atoms with Crippen molar-refractivity contribution in [3.8, 4) is 0 Å². The molecule has 0 radical (unpaired) electrons. The third kappa shape index (κ3) is 3.33. The zero-order valence-electron chi connectivity index (χ0n) is 9.51. The molecule has 0 unspecified atom stereocenters. The third-order valence-electron chi connectivity index (χ3n) is 3.12. The standard InChI is InChI=1S/C13H15F2NO/c14-11-6-10(7-12(15)8-11)13(17)5-9-1-3-16-4-2-9/h6-9,16H,1-5H2. The minimum absolute atomic E-state index is 0.140. The highest BCUT2D eigenvalue weighted by atomic mass is 19.1. The predicted molar refractivity (Wildman–Crippen MR) is 60.9 cm³/mol. The van der Waals surface area contributed by atoms with Crippen LogP contribution in [0.5, 0.6) is 0 Å². The van der Waals surface area contributed by atoms with Crippen LogP contribution in [0.1, 0.15) is 29.6 Å². The smallest absolute Gasteiger partial charge is 0.163 e. The fraction of sp³-hybridized carbons (Fsp3) is 0.462. The highest BCUT2D eigenvalue weighted by Crippen LogP contribution is 2.19. The van der Waals surface area contributed by atoms with Crippen molar-refractivity contribution in [1.82, 2.24) is 5.32 Å². The van der Waals surface area contributed by atoms with Crippen LogP contribution in [0, 0.1) is 17.6 Å². The Morgan fingerprint density at radius 2 is 1.76 bits per heavy atom. The Hall–Kier alpha value is -1.29. The number of carbonyl (C=O) groups is 1. The Kier molecular flexibility index (Phi) is 3.84. The van der Waals surface area contributed by atoms with Crippen LogP contribution in [0.15, 0.2) is 18.2 Å². The number of nitrogens with one attached hydrogen (secondary N) is 1. The number of benzene rings is 1. The van der Waals surface area contributed by atoms with Crippen LogP contribution in [0.4, 0.5) is 8.78 Å². The molecule has 1 aliphatic rings. The summed E-state index contributed by atoms with van der Waals surface area (Å²) in [6, 6.07) is 2.99. The van der Waals surface area contributed by atoms with E-state index in [1.54, 1.807) is 0 Å². The second-order valence-corrected chi connectivity index (χ2v) is 4.48. The molecule has 2 rings (SSSR count). The van der Waals surface area contributed by atoms with Crippen molar-refractivity contribution in [3.63, 3.8) is 0 Å². The summed E-state index contributed by atoms with van der Waals surface area (Å²) in [5.41, 5.74) is 0.140. The Balaban J connectivity index is 2.03. The van der Waals surface area contributed by atoms with E-state index in [-0.39, 0.29) is 11.3 Å². The molecule has 0 spiro atoms. The van der Waals surface area contributed by atoms with E-state index >= 15 is 0 Å². The van der Waals surface area contributed by atoms with Crippen molar-refractivity contribution in [2.45, 2.75) is 19.3 Å². The van der Waals surface area contributed by atoms with Gasteiger partial charge < -0.3 is 5.32 Å². The van der Waals surface area contributed by atoms with E-state index in [1.807, 2.05) is 0 Å². The second-order valence-electron chi connectivity index (χ2n) is 4.48. The van der Waals surface area contributed by atoms with Crippen molar-refractivity contribution in [2.75, 3.05) is 13.1 Å². The molecular formula is C13H15F2NO. The third-order valence-corrected chi connectivity index (χ3v) is 3.12. The number of rotatable bonds is 3. The van der Waals surface area contributed by atoms with Gasteiger partial charge in [0.25, 0.3) is 0 Å². The summed E-state index contributed by atoms with van der Waals surface area (Å²) >= 11 is 0. The largest absolute Gasteiger partial charge is 0.317 e. The molecule has 4 heteroatoms. The number of carbonyl (C=O) groups excluding carboxylic acids is 1. The first-order chi connectivity index (χ1) is 8.15. The monoisotopic (exact) mass is 239 g/mol. The average molecular weight is 239 g/mol. The topological polar surface area (TPSA) is 29.1 Å². The Labute approximate surface area is 99.0 Å². The maximum atomic E-state index is 13.0. The van der Waals surface area contributed by atoms with E-state index < -0.39 is 11.6 Å². The Morgan fingerprint density at radius 1 is 1.18 bits per heavy atom. The highest BCUT2D eigenvalue weighted by molar-refractivity contribution is 5.96.